The van der Waals surface area contributed by atoms with Crippen LogP contribution in [0.3, 0.4) is 0 Å². The van der Waals surface area contributed by atoms with Gasteiger partial charge in [-0.1, -0.05) is 55.3 Å². The second-order valence-electron chi connectivity index (χ2n) is 4.24. The lowest BCUT2D eigenvalue weighted by Gasteiger charge is -2.02. The number of benzene rings is 1. The zero-order chi connectivity index (χ0) is 13.8. The maximum Gasteiger partial charge on any atom is 0.329 e. The first-order chi connectivity index (χ1) is 9.13. The number of hydrogen-bond acceptors (Lipinski definition) is 3. The number of rotatable bonds is 5. The summed E-state index contributed by atoms with van der Waals surface area (Å²) >= 11 is 6.07. The third-order valence-electron chi connectivity index (χ3n) is 2.78. The zero-order valence-electron chi connectivity index (χ0n) is 10.5. The molecule has 1 heterocycles. The van der Waals surface area contributed by atoms with E-state index < -0.39 is 4.92 Å². The number of aromatic nitrogens is 2. The number of hydrogen-bond donors (Lipinski definition) is 0. The molecule has 6 heteroatoms. The van der Waals surface area contributed by atoms with Crippen molar-refractivity contribution in [2.75, 3.05) is 0 Å². The Bertz CT molecular complexity index is 581. The van der Waals surface area contributed by atoms with Crippen LogP contribution in [0, 0.1) is 10.1 Å². The highest BCUT2D eigenvalue weighted by atomic mass is 35.5. The Hall–Kier alpha value is -1.88. The molecular formula is C13H14ClN3O2. The van der Waals surface area contributed by atoms with Crippen LogP contribution in [0.15, 0.2) is 30.3 Å². The van der Waals surface area contributed by atoms with Gasteiger partial charge in [-0.05, 0) is 12.0 Å². The molecule has 0 saturated heterocycles. The molecule has 0 aliphatic carbocycles. The molecule has 0 atom stereocenters. The molecule has 0 fully saturated rings. The van der Waals surface area contributed by atoms with Gasteiger partial charge < -0.3 is 0 Å². The maximum absolute atomic E-state index is 11.1. The fourth-order valence-electron chi connectivity index (χ4n) is 1.93. The molecule has 0 aliphatic heterocycles. The van der Waals surface area contributed by atoms with Crippen molar-refractivity contribution in [3.05, 3.63) is 56.9 Å². The van der Waals surface area contributed by atoms with Gasteiger partial charge in [0, 0.05) is 0 Å². The van der Waals surface area contributed by atoms with Gasteiger partial charge in [-0.2, -0.15) is 5.10 Å². The lowest BCUT2D eigenvalue weighted by Crippen LogP contribution is -2.02. The van der Waals surface area contributed by atoms with Crippen molar-refractivity contribution < 1.29 is 4.92 Å². The molecule has 0 spiro atoms. The summed E-state index contributed by atoms with van der Waals surface area (Å²) < 4.78 is 1.49. The van der Waals surface area contributed by atoms with Crippen LogP contribution in [0.1, 0.15) is 24.6 Å². The SMILES string of the molecule is CCCc1nn(Cc2ccccc2)c(Cl)c1[N+](=O)[O-]. The van der Waals surface area contributed by atoms with Crippen molar-refractivity contribution >= 4 is 17.3 Å². The Kier molecular flexibility index (Phi) is 4.16. The Morgan fingerprint density at radius 2 is 2.05 bits per heavy atom. The lowest BCUT2D eigenvalue weighted by molar-refractivity contribution is -0.385. The predicted molar refractivity (Wildman–Crippen MR) is 73.4 cm³/mol. The molecule has 19 heavy (non-hydrogen) atoms. The fourth-order valence-corrected chi connectivity index (χ4v) is 2.20. The Balaban J connectivity index is 2.36. The van der Waals surface area contributed by atoms with E-state index in [9.17, 15) is 10.1 Å². The Labute approximate surface area is 116 Å². The van der Waals surface area contributed by atoms with E-state index in [0.717, 1.165) is 12.0 Å². The molecule has 0 aliphatic rings. The van der Waals surface area contributed by atoms with Crippen molar-refractivity contribution in [2.45, 2.75) is 26.3 Å². The molecule has 5 nitrogen and oxygen atoms in total. The van der Waals surface area contributed by atoms with Crippen molar-refractivity contribution in [3.8, 4) is 0 Å². The van der Waals surface area contributed by atoms with Crippen LogP contribution in [0.2, 0.25) is 5.15 Å². The normalized spacial score (nSPS) is 10.6. The van der Waals surface area contributed by atoms with Crippen LogP contribution in [0.4, 0.5) is 5.69 Å². The number of nitro groups is 1. The van der Waals surface area contributed by atoms with Crippen LogP contribution in [0.5, 0.6) is 0 Å². The third-order valence-corrected chi connectivity index (χ3v) is 3.16. The monoisotopic (exact) mass is 279 g/mol. The van der Waals surface area contributed by atoms with Gasteiger partial charge in [0.2, 0.25) is 5.15 Å². The van der Waals surface area contributed by atoms with Crippen LogP contribution in [-0.4, -0.2) is 14.7 Å². The minimum absolute atomic E-state index is 0.0700. The Morgan fingerprint density at radius 1 is 1.37 bits per heavy atom. The molecule has 1 aromatic carbocycles. The Morgan fingerprint density at radius 3 is 2.63 bits per heavy atom. The van der Waals surface area contributed by atoms with E-state index in [-0.39, 0.29) is 10.8 Å². The molecular weight excluding hydrogens is 266 g/mol. The second kappa shape index (κ2) is 5.84. The molecule has 2 rings (SSSR count). The molecule has 0 saturated carbocycles. The summed E-state index contributed by atoms with van der Waals surface area (Å²) in [7, 11) is 0. The summed E-state index contributed by atoms with van der Waals surface area (Å²) in [5, 5.41) is 15.4. The molecule has 0 amide bonds. The van der Waals surface area contributed by atoms with Gasteiger partial charge >= 0.3 is 5.69 Å². The summed E-state index contributed by atoms with van der Waals surface area (Å²) in [5.74, 6) is 0. The van der Waals surface area contributed by atoms with Gasteiger partial charge in [0.05, 0.1) is 11.5 Å². The van der Waals surface area contributed by atoms with E-state index in [1.54, 1.807) is 0 Å². The third kappa shape index (κ3) is 2.93. The molecule has 1 aromatic heterocycles. The van der Waals surface area contributed by atoms with Gasteiger partial charge in [-0.3, -0.25) is 10.1 Å². The molecule has 0 radical (unpaired) electrons. The minimum Gasteiger partial charge on any atom is -0.258 e. The van der Waals surface area contributed by atoms with Crippen LogP contribution in [-0.2, 0) is 13.0 Å². The van der Waals surface area contributed by atoms with E-state index in [1.165, 1.54) is 4.68 Å². The summed E-state index contributed by atoms with van der Waals surface area (Å²) in [6.45, 7) is 2.39. The molecule has 0 bridgehead atoms. The van der Waals surface area contributed by atoms with Gasteiger partial charge in [-0.25, -0.2) is 4.68 Å². The van der Waals surface area contributed by atoms with Crippen molar-refractivity contribution in [1.82, 2.24) is 9.78 Å². The summed E-state index contributed by atoms with van der Waals surface area (Å²) in [5.41, 5.74) is 1.39. The van der Waals surface area contributed by atoms with Crippen molar-refractivity contribution in [3.63, 3.8) is 0 Å². The number of aryl methyl sites for hydroxylation is 1. The largest absolute Gasteiger partial charge is 0.329 e. The average Bonchev–Trinajstić information content (AvgIpc) is 2.68. The highest BCUT2D eigenvalue weighted by molar-refractivity contribution is 6.31. The van der Waals surface area contributed by atoms with E-state index >= 15 is 0 Å². The van der Waals surface area contributed by atoms with Crippen molar-refractivity contribution in [1.29, 1.82) is 0 Å². The fraction of sp³-hybridized carbons (Fsp3) is 0.308. The van der Waals surface area contributed by atoms with Gasteiger partial charge in [0.1, 0.15) is 5.69 Å². The first kappa shape index (κ1) is 13.5. The predicted octanol–water partition coefficient (Wildman–Crippen LogP) is 3.45. The average molecular weight is 280 g/mol. The number of halogens is 1. The van der Waals surface area contributed by atoms with Crippen molar-refractivity contribution in [2.24, 2.45) is 0 Å². The van der Waals surface area contributed by atoms with Gasteiger partial charge in [0.25, 0.3) is 0 Å². The highest BCUT2D eigenvalue weighted by Crippen LogP contribution is 2.29. The van der Waals surface area contributed by atoms with E-state index in [4.69, 9.17) is 11.6 Å². The minimum atomic E-state index is -0.457. The standard InChI is InChI=1S/C13H14ClN3O2/c1-2-6-11-12(17(18)19)13(14)16(15-11)9-10-7-4-3-5-8-10/h3-5,7-8H,2,6,9H2,1H3. The molecule has 100 valence electrons. The molecule has 0 unspecified atom stereocenters. The van der Waals surface area contributed by atoms with E-state index in [2.05, 4.69) is 5.10 Å². The second-order valence-corrected chi connectivity index (χ2v) is 4.59. The van der Waals surface area contributed by atoms with Crippen LogP contribution in [0.25, 0.3) is 0 Å². The van der Waals surface area contributed by atoms with Gasteiger partial charge in [-0.15, -0.1) is 0 Å². The zero-order valence-corrected chi connectivity index (χ0v) is 11.3. The van der Waals surface area contributed by atoms with Gasteiger partial charge in [0.15, 0.2) is 0 Å². The summed E-state index contributed by atoms with van der Waals surface area (Å²) in [4.78, 5) is 10.6. The number of nitrogens with zero attached hydrogens (tertiary/aromatic N) is 3. The maximum atomic E-state index is 11.1. The smallest absolute Gasteiger partial charge is 0.258 e. The first-order valence-electron chi connectivity index (χ1n) is 6.07. The quantitative estimate of drug-likeness (QED) is 0.622. The first-order valence-corrected chi connectivity index (χ1v) is 6.44. The van der Waals surface area contributed by atoms with Crippen LogP contribution >= 0.6 is 11.6 Å². The van der Waals surface area contributed by atoms with E-state index in [1.807, 2.05) is 37.3 Å². The topological polar surface area (TPSA) is 61.0 Å². The van der Waals surface area contributed by atoms with E-state index in [0.29, 0.717) is 18.7 Å². The summed E-state index contributed by atoms with van der Waals surface area (Å²) in [6.07, 6.45) is 1.34. The molecule has 0 N–H and O–H groups in total. The lowest BCUT2D eigenvalue weighted by atomic mass is 10.2. The van der Waals surface area contributed by atoms with Crippen LogP contribution < -0.4 is 0 Å². The summed E-state index contributed by atoms with van der Waals surface area (Å²) in [6, 6.07) is 9.61. The highest BCUT2D eigenvalue weighted by Gasteiger charge is 2.25. The molecule has 2 aromatic rings.